The molecule has 0 saturated carbocycles. The molecule has 4 aromatic rings. The van der Waals surface area contributed by atoms with Crippen LogP contribution >= 0.6 is 11.6 Å². The van der Waals surface area contributed by atoms with Gasteiger partial charge in [-0.25, -0.2) is 0 Å². The molecule has 0 fully saturated rings. The maximum Gasteiger partial charge on any atom is 0.256 e. The normalized spacial score (nSPS) is 10.9. The number of nitrogens with one attached hydrogen (secondary N) is 1. The first-order valence-electron chi connectivity index (χ1n) is 9.67. The third-order valence-electron chi connectivity index (χ3n) is 4.91. The lowest BCUT2D eigenvalue weighted by Crippen LogP contribution is -2.13. The lowest BCUT2D eigenvalue weighted by Gasteiger charge is -2.07. The van der Waals surface area contributed by atoms with E-state index in [1.165, 1.54) is 0 Å². The Kier molecular flexibility index (Phi) is 5.68. The van der Waals surface area contributed by atoms with Crippen molar-refractivity contribution in [2.75, 3.05) is 5.32 Å². The molecule has 7 heteroatoms. The Labute approximate surface area is 180 Å². The van der Waals surface area contributed by atoms with Crippen LogP contribution in [0.25, 0.3) is 0 Å². The summed E-state index contributed by atoms with van der Waals surface area (Å²) in [6.45, 7) is 5.09. The van der Waals surface area contributed by atoms with E-state index in [2.05, 4.69) is 15.5 Å². The highest BCUT2D eigenvalue weighted by molar-refractivity contribution is 6.31. The number of halogens is 1. The smallest absolute Gasteiger partial charge is 0.256 e. The van der Waals surface area contributed by atoms with Gasteiger partial charge in [-0.3, -0.25) is 14.2 Å². The molecule has 0 spiro atoms. The van der Waals surface area contributed by atoms with Gasteiger partial charge in [0.15, 0.2) is 5.82 Å². The minimum absolute atomic E-state index is 0.194. The van der Waals surface area contributed by atoms with E-state index in [0.717, 1.165) is 22.5 Å². The number of benzene rings is 2. The van der Waals surface area contributed by atoms with Gasteiger partial charge >= 0.3 is 0 Å². The Hall–Kier alpha value is -3.38. The number of anilines is 1. The Bertz CT molecular complexity index is 1160. The summed E-state index contributed by atoms with van der Waals surface area (Å²) < 4.78 is 3.67. The van der Waals surface area contributed by atoms with Crippen molar-refractivity contribution in [3.63, 3.8) is 0 Å². The summed E-state index contributed by atoms with van der Waals surface area (Å²) >= 11 is 6.21. The number of carbonyl (C=O) groups is 1. The molecule has 6 nitrogen and oxygen atoms in total. The zero-order chi connectivity index (χ0) is 21.1. The lowest BCUT2D eigenvalue weighted by molar-refractivity contribution is 0.102. The average Bonchev–Trinajstić information content (AvgIpc) is 3.28. The van der Waals surface area contributed by atoms with Crippen molar-refractivity contribution in [1.82, 2.24) is 19.6 Å². The van der Waals surface area contributed by atoms with Gasteiger partial charge in [-0.1, -0.05) is 54.1 Å². The fourth-order valence-corrected chi connectivity index (χ4v) is 3.37. The van der Waals surface area contributed by atoms with Crippen LogP contribution in [0.3, 0.4) is 0 Å². The first kappa shape index (κ1) is 19.9. The molecule has 30 heavy (non-hydrogen) atoms. The maximum atomic E-state index is 12.6. The molecule has 0 radical (unpaired) electrons. The van der Waals surface area contributed by atoms with Crippen molar-refractivity contribution < 1.29 is 4.79 Å². The van der Waals surface area contributed by atoms with E-state index < -0.39 is 0 Å². The van der Waals surface area contributed by atoms with Crippen molar-refractivity contribution in [3.05, 3.63) is 100.0 Å². The number of hydrogen-bond donors (Lipinski definition) is 1. The molecule has 0 atom stereocenters. The maximum absolute atomic E-state index is 12.6. The molecule has 2 aromatic carbocycles. The quantitative estimate of drug-likeness (QED) is 0.492. The average molecular weight is 420 g/mol. The van der Waals surface area contributed by atoms with E-state index in [9.17, 15) is 4.79 Å². The molecule has 0 aliphatic heterocycles. The second kappa shape index (κ2) is 8.55. The number of aromatic nitrogens is 4. The Morgan fingerprint density at radius 3 is 2.30 bits per heavy atom. The second-order valence-electron chi connectivity index (χ2n) is 7.18. The van der Waals surface area contributed by atoms with Crippen molar-refractivity contribution in [2.45, 2.75) is 26.9 Å². The van der Waals surface area contributed by atoms with Crippen LogP contribution in [-0.2, 0) is 13.1 Å². The minimum atomic E-state index is -0.194. The number of rotatable bonds is 6. The largest absolute Gasteiger partial charge is 0.305 e. The van der Waals surface area contributed by atoms with Crippen LogP contribution in [0, 0.1) is 13.8 Å². The Balaban J connectivity index is 1.39. The van der Waals surface area contributed by atoms with Crippen LogP contribution in [0.5, 0.6) is 0 Å². The van der Waals surface area contributed by atoms with Crippen molar-refractivity contribution in [2.24, 2.45) is 0 Å². The molecule has 1 N–H and O–H groups in total. The molecular formula is C23H22ClN5O. The standard InChI is InChI=1S/C23H22ClN5O/c1-16-22(24)17(2)29(26-16)15-19-8-10-20(11-9-19)23(30)25-21-12-13-28(27-21)14-18-6-4-3-5-7-18/h3-13H,14-15H2,1-2H3,(H,25,27,30). The summed E-state index contributed by atoms with van der Waals surface area (Å²) in [4.78, 5) is 12.6. The van der Waals surface area contributed by atoms with Crippen LogP contribution in [-0.4, -0.2) is 25.5 Å². The molecule has 2 aromatic heterocycles. The first-order chi connectivity index (χ1) is 14.5. The molecule has 152 valence electrons. The van der Waals surface area contributed by atoms with Gasteiger partial charge < -0.3 is 5.32 Å². The zero-order valence-electron chi connectivity index (χ0n) is 16.8. The molecule has 2 heterocycles. The fourth-order valence-electron chi connectivity index (χ4n) is 3.24. The lowest BCUT2D eigenvalue weighted by atomic mass is 10.1. The summed E-state index contributed by atoms with van der Waals surface area (Å²) in [5, 5.41) is 12.4. The summed E-state index contributed by atoms with van der Waals surface area (Å²) in [6.07, 6.45) is 1.85. The number of hydrogen-bond acceptors (Lipinski definition) is 3. The highest BCUT2D eigenvalue weighted by atomic mass is 35.5. The van der Waals surface area contributed by atoms with E-state index >= 15 is 0 Å². The van der Waals surface area contributed by atoms with E-state index in [4.69, 9.17) is 11.6 Å². The third-order valence-corrected chi connectivity index (χ3v) is 5.46. The number of carbonyl (C=O) groups excluding carboxylic acids is 1. The van der Waals surface area contributed by atoms with Gasteiger partial charge in [-0.2, -0.15) is 10.2 Å². The molecule has 0 bridgehead atoms. The van der Waals surface area contributed by atoms with E-state index in [0.29, 0.717) is 29.5 Å². The SMILES string of the molecule is Cc1nn(Cc2ccc(C(=O)Nc3ccn(Cc4ccccc4)n3)cc2)c(C)c1Cl. The van der Waals surface area contributed by atoms with Crippen LogP contribution in [0.1, 0.15) is 32.9 Å². The van der Waals surface area contributed by atoms with Crippen LogP contribution in [0.4, 0.5) is 5.82 Å². The van der Waals surface area contributed by atoms with E-state index in [-0.39, 0.29) is 5.91 Å². The van der Waals surface area contributed by atoms with E-state index in [1.54, 1.807) is 22.9 Å². The molecule has 4 rings (SSSR count). The monoisotopic (exact) mass is 419 g/mol. The topological polar surface area (TPSA) is 64.7 Å². The van der Waals surface area contributed by atoms with Crippen molar-refractivity contribution in [1.29, 1.82) is 0 Å². The molecule has 0 aliphatic carbocycles. The predicted octanol–water partition coefficient (Wildman–Crippen LogP) is 4.70. The molecular weight excluding hydrogens is 398 g/mol. The molecule has 1 amide bonds. The molecule has 0 unspecified atom stereocenters. The summed E-state index contributed by atoms with van der Waals surface area (Å²) in [5.41, 5.74) is 4.51. The van der Waals surface area contributed by atoms with E-state index in [1.807, 2.05) is 67.2 Å². The predicted molar refractivity (Wildman–Crippen MR) is 118 cm³/mol. The Morgan fingerprint density at radius 1 is 0.933 bits per heavy atom. The van der Waals surface area contributed by atoms with Crippen LogP contribution in [0.15, 0.2) is 66.9 Å². The van der Waals surface area contributed by atoms with Crippen molar-refractivity contribution in [3.8, 4) is 0 Å². The molecule has 0 saturated heterocycles. The van der Waals surface area contributed by atoms with Gasteiger partial charge in [0.1, 0.15) is 0 Å². The summed E-state index contributed by atoms with van der Waals surface area (Å²) in [5.74, 6) is 0.331. The molecule has 0 aliphatic rings. The van der Waals surface area contributed by atoms with Crippen LogP contribution in [0.2, 0.25) is 5.02 Å². The van der Waals surface area contributed by atoms with Gasteiger partial charge in [-0.05, 0) is 37.1 Å². The van der Waals surface area contributed by atoms with Gasteiger partial charge in [-0.15, -0.1) is 0 Å². The third kappa shape index (κ3) is 4.44. The number of nitrogens with zero attached hydrogens (tertiary/aromatic N) is 4. The highest BCUT2D eigenvalue weighted by Gasteiger charge is 2.11. The number of aryl methyl sites for hydroxylation is 1. The van der Waals surface area contributed by atoms with Gasteiger partial charge in [0.2, 0.25) is 0 Å². The summed E-state index contributed by atoms with van der Waals surface area (Å²) in [6, 6.07) is 19.3. The van der Waals surface area contributed by atoms with Crippen molar-refractivity contribution >= 4 is 23.3 Å². The fraction of sp³-hybridized carbons (Fsp3) is 0.174. The second-order valence-corrected chi connectivity index (χ2v) is 7.56. The Morgan fingerprint density at radius 2 is 1.63 bits per heavy atom. The van der Waals surface area contributed by atoms with Gasteiger partial charge in [0.05, 0.1) is 29.5 Å². The first-order valence-corrected chi connectivity index (χ1v) is 10.0. The van der Waals surface area contributed by atoms with Gasteiger partial charge in [0.25, 0.3) is 5.91 Å². The highest BCUT2D eigenvalue weighted by Crippen LogP contribution is 2.20. The summed E-state index contributed by atoms with van der Waals surface area (Å²) in [7, 11) is 0. The zero-order valence-corrected chi connectivity index (χ0v) is 17.6. The minimum Gasteiger partial charge on any atom is -0.305 e. The van der Waals surface area contributed by atoms with Crippen LogP contribution < -0.4 is 5.32 Å². The number of amides is 1. The van der Waals surface area contributed by atoms with Gasteiger partial charge in [0, 0.05) is 17.8 Å².